The van der Waals surface area contributed by atoms with Crippen molar-refractivity contribution in [2.45, 2.75) is 193 Å². The molecule has 1 aliphatic rings. The highest BCUT2D eigenvalue weighted by atomic mass is 16.7. The molecule has 0 amide bonds. The van der Waals surface area contributed by atoms with Crippen molar-refractivity contribution in [1.82, 2.24) is 0 Å². The minimum atomic E-state index is -1.67. The number of esters is 1. The number of allylic oxidation sites excluding steroid dienone is 6. The van der Waals surface area contributed by atoms with Crippen LogP contribution < -0.4 is 0 Å². The molecule has 0 aromatic carbocycles. The summed E-state index contributed by atoms with van der Waals surface area (Å²) in [5.74, 6) is -0.574. The van der Waals surface area contributed by atoms with Crippen molar-refractivity contribution in [3.05, 3.63) is 34.9 Å². The lowest BCUT2D eigenvalue weighted by Gasteiger charge is -2.43. The molecule has 0 radical (unpaired) electrons. The molecule has 49 heavy (non-hydrogen) atoms. The number of ether oxygens (including phenoxy) is 3. The van der Waals surface area contributed by atoms with E-state index in [1.54, 1.807) is 27.7 Å². The fourth-order valence-electron chi connectivity index (χ4n) is 6.00. The molecule has 0 aliphatic carbocycles. The maximum Gasteiger partial charge on any atom is 0.303 e. The average Bonchev–Trinajstić information content (AvgIpc) is 2.97. The highest BCUT2D eigenvalue weighted by Crippen LogP contribution is 2.33. The van der Waals surface area contributed by atoms with Gasteiger partial charge in [-0.05, 0) is 126 Å². The fraction of sp³-hybridized carbons (Fsp3) is 0.816. The molecule has 0 aromatic rings. The molecular formula is C38H68O11. The second-order valence-corrected chi connectivity index (χ2v) is 15.4. The van der Waals surface area contributed by atoms with Crippen LogP contribution in [0.25, 0.3) is 0 Å². The van der Waals surface area contributed by atoms with E-state index in [9.17, 15) is 40.5 Å². The maximum atomic E-state index is 12.2. The Bertz CT molecular complexity index is 1070. The molecule has 1 saturated heterocycles. The Balaban J connectivity index is 3.17. The lowest BCUT2D eigenvalue weighted by Crippen LogP contribution is -2.60. The van der Waals surface area contributed by atoms with Gasteiger partial charge in [-0.2, -0.15) is 0 Å². The molecule has 9 atom stereocenters. The predicted molar refractivity (Wildman–Crippen MR) is 189 cm³/mol. The van der Waals surface area contributed by atoms with Gasteiger partial charge >= 0.3 is 5.97 Å². The molecule has 11 nitrogen and oxygen atoms in total. The normalized spacial score (nSPS) is 26.0. The van der Waals surface area contributed by atoms with Crippen molar-refractivity contribution >= 4 is 5.97 Å². The van der Waals surface area contributed by atoms with Gasteiger partial charge < -0.3 is 50.0 Å². The number of hydrogen-bond acceptors (Lipinski definition) is 11. The van der Waals surface area contributed by atoms with Crippen molar-refractivity contribution in [2.24, 2.45) is 0 Å². The number of rotatable bonds is 22. The van der Waals surface area contributed by atoms with Crippen LogP contribution in [0.2, 0.25) is 0 Å². The van der Waals surface area contributed by atoms with Gasteiger partial charge in [-0.15, -0.1) is 0 Å². The third-order valence-electron chi connectivity index (χ3n) is 9.27. The van der Waals surface area contributed by atoms with Gasteiger partial charge in [0, 0.05) is 6.92 Å². The number of aliphatic hydroxyl groups is 7. The topological polar surface area (TPSA) is 186 Å². The zero-order valence-electron chi connectivity index (χ0n) is 31.5. The molecule has 0 spiro atoms. The molecule has 0 bridgehead atoms. The highest BCUT2D eigenvalue weighted by molar-refractivity contribution is 5.66. The van der Waals surface area contributed by atoms with Gasteiger partial charge in [-0.1, -0.05) is 34.9 Å². The first kappa shape index (κ1) is 45.4. The van der Waals surface area contributed by atoms with Gasteiger partial charge in [0.25, 0.3) is 0 Å². The summed E-state index contributed by atoms with van der Waals surface area (Å²) in [6.07, 6.45) is 2.61. The average molecular weight is 701 g/mol. The monoisotopic (exact) mass is 700 g/mol. The van der Waals surface area contributed by atoms with Crippen molar-refractivity contribution in [3.63, 3.8) is 0 Å². The van der Waals surface area contributed by atoms with Gasteiger partial charge in [0.2, 0.25) is 0 Å². The van der Waals surface area contributed by atoms with Crippen LogP contribution in [0, 0.1) is 0 Å². The van der Waals surface area contributed by atoms with Crippen LogP contribution >= 0.6 is 0 Å². The minimum absolute atomic E-state index is 0.0746. The van der Waals surface area contributed by atoms with E-state index in [1.165, 1.54) is 18.1 Å². The van der Waals surface area contributed by atoms with Crippen molar-refractivity contribution in [1.29, 1.82) is 0 Å². The molecule has 7 N–H and O–H groups in total. The maximum absolute atomic E-state index is 12.2. The quantitative estimate of drug-likeness (QED) is 0.0622. The Labute approximate surface area is 294 Å². The Morgan fingerprint density at radius 3 is 1.78 bits per heavy atom. The molecule has 11 heteroatoms. The lowest BCUT2D eigenvalue weighted by molar-refractivity contribution is -0.324. The summed E-state index contributed by atoms with van der Waals surface area (Å²) in [7, 11) is 0. The van der Waals surface area contributed by atoms with E-state index in [0.29, 0.717) is 25.7 Å². The first-order valence-corrected chi connectivity index (χ1v) is 17.8. The Morgan fingerprint density at radius 2 is 1.27 bits per heavy atom. The van der Waals surface area contributed by atoms with Crippen molar-refractivity contribution in [3.8, 4) is 0 Å². The molecule has 1 rings (SSSR count). The van der Waals surface area contributed by atoms with Crippen molar-refractivity contribution in [2.75, 3.05) is 6.61 Å². The Hall–Kier alpha value is -1.67. The molecule has 286 valence electrons. The number of carbonyl (C=O) groups excluding carboxylic acids is 1. The number of aliphatic hydroxyl groups excluding tert-OH is 4. The third-order valence-corrected chi connectivity index (χ3v) is 9.27. The molecular weight excluding hydrogens is 632 g/mol. The third kappa shape index (κ3) is 17.4. The molecule has 0 aromatic heterocycles. The fourth-order valence-corrected chi connectivity index (χ4v) is 6.00. The lowest BCUT2D eigenvalue weighted by atomic mass is 9.85. The van der Waals surface area contributed by atoms with Crippen LogP contribution in [0.15, 0.2) is 34.9 Å². The summed E-state index contributed by atoms with van der Waals surface area (Å²) in [6, 6.07) is 0. The molecule has 0 unspecified atom stereocenters. The van der Waals surface area contributed by atoms with Gasteiger partial charge in [-0.25, -0.2) is 0 Å². The van der Waals surface area contributed by atoms with E-state index >= 15 is 0 Å². The first-order valence-electron chi connectivity index (χ1n) is 17.8. The second-order valence-electron chi connectivity index (χ2n) is 15.4. The highest BCUT2D eigenvalue weighted by Gasteiger charge is 2.47. The van der Waals surface area contributed by atoms with E-state index in [1.807, 2.05) is 19.9 Å². The summed E-state index contributed by atoms with van der Waals surface area (Å²) >= 11 is 0. The second kappa shape index (κ2) is 21.0. The van der Waals surface area contributed by atoms with Gasteiger partial charge in [0.05, 0.1) is 29.5 Å². The zero-order valence-corrected chi connectivity index (χ0v) is 31.5. The molecule has 0 saturated carbocycles. The van der Waals surface area contributed by atoms with Crippen LogP contribution in [-0.4, -0.2) is 108 Å². The zero-order chi connectivity index (χ0) is 37.6. The summed E-state index contributed by atoms with van der Waals surface area (Å²) in [5.41, 5.74) is -0.0933. The SMILES string of the molecule is CC(=O)O[C@@H](CC[C@H](O[C@@H]1O[C@H](CO)[C@@H](O)[C@H](O)[C@@H]1O)[C@](C)(O)CC/C=C(\C)CCC=C(C)C)[C@@](C)(O)CC/C=C(\C)CCCC(C)(C)O. The summed E-state index contributed by atoms with van der Waals surface area (Å²) < 4.78 is 17.3. The summed E-state index contributed by atoms with van der Waals surface area (Å²) in [4.78, 5) is 12.2. The van der Waals surface area contributed by atoms with Crippen LogP contribution in [0.4, 0.5) is 0 Å². The van der Waals surface area contributed by atoms with Crippen molar-refractivity contribution < 1.29 is 54.8 Å². The Morgan fingerprint density at radius 1 is 0.735 bits per heavy atom. The standard InChI is InChI=1S/C38H68O11/c1-25(2)14-10-15-26(3)17-12-23-38(9,46)31(49-35-34(43)33(42)32(41)29(24-39)48-35)20-19-30(47-28(5)40)37(8,45)22-13-18-27(4)16-11-21-36(6,7)44/h14,17-18,29-35,39,41-46H,10-13,15-16,19-24H2,1-9H3/b26-17+,27-18+/t29-,30+,31+,32-,33+,34+,35+,37+,38-/m1/s1. The van der Waals surface area contributed by atoms with E-state index in [2.05, 4.69) is 26.0 Å². The molecule has 1 fully saturated rings. The van der Waals surface area contributed by atoms with Crippen LogP contribution in [0.3, 0.4) is 0 Å². The largest absolute Gasteiger partial charge is 0.460 e. The summed E-state index contributed by atoms with van der Waals surface area (Å²) in [6.45, 7) is 15.5. The van der Waals surface area contributed by atoms with Crippen LogP contribution in [0.1, 0.15) is 133 Å². The van der Waals surface area contributed by atoms with E-state index in [-0.39, 0.29) is 19.3 Å². The van der Waals surface area contributed by atoms with Gasteiger partial charge in [0.15, 0.2) is 6.29 Å². The minimum Gasteiger partial charge on any atom is -0.460 e. The first-order chi connectivity index (χ1) is 22.6. The van der Waals surface area contributed by atoms with Gasteiger partial charge in [-0.3, -0.25) is 4.79 Å². The van der Waals surface area contributed by atoms with E-state index in [4.69, 9.17) is 14.2 Å². The molecule has 1 heterocycles. The number of carbonyl (C=O) groups is 1. The van der Waals surface area contributed by atoms with Gasteiger partial charge in [0.1, 0.15) is 30.5 Å². The molecule has 1 aliphatic heterocycles. The van der Waals surface area contributed by atoms with Crippen LogP contribution in [-0.2, 0) is 19.0 Å². The summed E-state index contributed by atoms with van der Waals surface area (Å²) in [5, 5.41) is 74.3. The van der Waals surface area contributed by atoms with E-state index in [0.717, 1.165) is 31.3 Å². The van der Waals surface area contributed by atoms with Crippen LogP contribution in [0.5, 0.6) is 0 Å². The Kier molecular flexibility index (Phi) is 19.4. The smallest absolute Gasteiger partial charge is 0.303 e. The predicted octanol–water partition coefficient (Wildman–Crippen LogP) is 4.53. The van der Waals surface area contributed by atoms with E-state index < -0.39 is 72.3 Å². The number of hydrogen-bond donors (Lipinski definition) is 7.